The van der Waals surface area contributed by atoms with Crippen LogP contribution >= 0.6 is 0 Å². The molecule has 0 aromatic carbocycles. The molecule has 0 N–H and O–H groups in total. The summed E-state index contributed by atoms with van der Waals surface area (Å²) in [5.41, 5.74) is 2.69. The Labute approximate surface area is 82.4 Å². The molecule has 74 valence electrons. The van der Waals surface area contributed by atoms with Crippen molar-refractivity contribution in [3.8, 4) is 0 Å². The third-order valence-electron chi connectivity index (χ3n) is 4.24. The molecule has 0 unspecified atom stereocenters. The van der Waals surface area contributed by atoms with Crippen molar-refractivity contribution >= 4 is 0 Å². The molecule has 2 bridgehead atoms. The summed E-state index contributed by atoms with van der Waals surface area (Å²) in [5.74, 6) is 1.74. The predicted octanol–water partition coefficient (Wildman–Crippen LogP) is 4.02. The van der Waals surface area contributed by atoms with Crippen LogP contribution in [-0.2, 0) is 0 Å². The molecule has 2 atom stereocenters. The van der Waals surface area contributed by atoms with Crippen LogP contribution in [0.2, 0.25) is 0 Å². The average Bonchev–Trinajstić information content (AvgIpc) is 2.39. The average molecular weight is 178 g/mol. The van der Waals surface area contributed by atoms with E-state index in [-0.39, 0.29) is 0 Å². The molecular formula is C13H22. The Morgan fingerprint density at radius 3 is 2.08 bits per heavy atom. The highest BCUT2D eigenvalue weighted by Crippen LogP contribution is 2.60. The van der Waals surface area contributed by atoms with E-state index < -0.39 is 0 Å². The number of rotatable bonds is 0. The Hall–Kier alpha value is -0.260. The van der Waals surface area contributed by atoms with E-state index in [4.69, 9.17) is 0 Å². The summed E-state index contributed by atoms with van der Waals surface area (Å²) in [6.45, 7) is 12.0. The maximum absolute atomic E-state index is 2.58. The first kappa shape index (κ1) is 9.30. The first-order valence-corrected chi connectivity index (χ1v) is 5.55. The van der Waals surface area contributed by atoms with Crippen molar-refractivity contribution in [2.24, 2.45) is 22.7 Å². The van der Waals surface area contributed by atoms with E-state index in [1.54, 1.807) is 5.57 Å². The number of hydrogen-bond acceptors (Lipinski definition) is 0. The van der Waals surface area contributed by atoms with Gasteiger partial charge >= 0.3 is 0 Å². The van der Waals surface area contributed by atoms with Crippen LogP contribution in [-0.4, -0.2) is 0 Å². The quantitative estimate of drug-likeness (QED) is 0.491. The third-order valence-corrected chi connectivity index (χ3v) is 4.24. The van der Waals surface area contributed by atoms with Crippen LogP contribution in [0.15, 0.2) is 11.6 Å². The molecule has 0 aliphatic heterocycles. The van der Waals surface area contributed by atoms with Gasteiger partial charge in [-0.2, -0.15) is 0 Å². The van der Waals surface area contributed by atoms with E-state index in [1.807, 2.05) is 0 Å². The lowest BCUT2D eigenvalue weighted by atomic mass is 9.73. The molecule has 2 aliphatic carbocycles. The molecule has 1 fully saturated rings. The second-order valence-electron chi connectivity index (χ2n) is 6.43. The number of allylic oxidation sites excluding steroid dienone is 2. The summed E-state index contributed by atoms with van der Waals surface area (Å²) < 4.78 is 0. The molecule has 0 aromatic rings. The highest BCUT2D eigenvalue weighted by atomic mass is 14.5. The number of fused-ring (bicyclic) bond motifs is 2. The standard InChI is InChI=1S/C13H22/c1-12(2,3)11-8-9-6-7-10(11)13(9,4)5/h8-10H,6-7H2,1-5H3/t9-,10+/m0/s1. The van der Waals surface area contributed by atoms with Crippen LogP contribution in [0, 0.1) is 22.7 Å². The summed E-state index contributed by atoms with van der Waals surface area (Å²) in [4.78, 5) is 0. The second-order valence-corrected chi connectivity index (χ2v) is 6.43. The summed E-state index contributed by atoms with van der Waals surface area (Å²) in [6, 6.07) is 0. The van der Waals surface area contributed by atoms with Gasteiger partial charge in [0.25, 0.3) is 0 Å². The highest BCUT2D eigenvalue weighted by molar-refractivity contribution is 5.29. The van der Waals surface area contributed by atoms with E-state index >= 15 is 0 Å². The van der Waals surface area contributed by atoms with Crippen LogP contribution in [0.1, 0.15) is 47.5 Å². The Morgan fingerprint density at radius 1 is 1.23 bits per heavy atom. The zero-order chi connectivity index (χ0) is 9.85. The largest absolute Gasteiger partial charge is 0.0808 e. The minimum absolute atomic E-state index is 0.400. The van der Waals surface area contributed by atoms with Crippen molar-refractivity contribution in [1.29, 1.82) is 0 Å². The molecule has 0 heterocycles. The lowest BCUT2D eigenvalue weighted by molar-refractivity contribution is 0.254. The molecule has 0 heteroatoms. The van der Waals surface area contributed by atoms with Gasteiger partial charge in [0.05, 0.1) is 0 Å². The molecule has 1 saturated carbocycles. The Kier molecular flexibility index (Phi) is 1.72. The molecule has 2 rings (SSSR count). The van der Waals surface area contributed by atoms with Crippen LogP contribution in [0.3, 0.4) is 0 Å². The van der Waals surface area contributed by atoms with Gasteiger partial charge in [-0.3, -0.25) is 0 Å². The van der Waals surface area contributed by atoms with E-state index in [9.17, 15) is 0 Å². The monoisotopic (exact) mass is 178 g/mol. The second kappa shape index (κ2) is 2.40. The van der Waals surface area contributed by atoms with Crippen molar-refractivity contribution in [2.45, 2.75) is 47.5 Å². The summed E-state index contributed by atoms with van der Waals surface area (Å²) in [6.07, 6.45) is 5.44. The fourth-order valence-electron chi connectivity index (χ4n) is 3.31. The zero-order valence-corrected chi connectivity index (χ0v) is 9.65. The first-order chi connectivity index (χ1) is 5.83. The number of hydrogen-bond donors (Lipinski definition) is 0. The lowest BCUT2D eigenvalue weighted by Crippen LogP contribution is -2.23. The van der Waals surface area contributed by atoms with Gasteiger partial charge in [0.1, 0.15) is 0 Å². The van der Waals surface area contributed by atoms with Crippen molar-refractivity contribution < 1.29 is 0 Å². The third kappa shape index (κ3) is 1.18. The normalized spacial score (nSPS) is 36.5. The van der Waals surface area contributed by atoms with Gasteiger partial charge in [-0.1, -0.05) is 46.3 Å². The molecule has 0 saturated heterocycles. The van der Waals surface area contributed by atoms with Crippen LogP contribution in [0.25, 0.3) is 0 Å². The van der Waals surface area contributed by atoms with E-state index in [0.29, 0.717) is 10.8 Å². The molecule has 13 heavy (non-hydrogen) atoms. The first-order valence-electron chi connectivity index (χ1n) is 5.55. The van der Waals surface area contributed by atoms with Gasteiger partial charge in [0, 0.05) is 0 Å². The minimum Gasteiger partial charge on any atom is -0.0808 e. The molecule has 0 amide bonds. The fraction of sp³-hybridized carbons (Fsp3) is 0.846. The van der Waals surface area contributed by atoms with Crippen molar-refractivity contribution in [2.75, 3.05) is 0 Å². The maximum Gasteiger partial charge on any atom is -0.0141 e. The van der Waals surface area contributed by atoms with E-state index in [2.05, 4.69) is 40.7 Å². The van der Waals surface area contributed by atoms with Crippen LogP contribution < -0.4 is 0 Å². The zero-order valence-electron chi connectivity index (χ0n) is 9.65. The summed E-state index contributed by atoms with van der Waals surface area (Å²) in [7, 11) is 0. The molecule has 0 radical (unpaired) electrons. The summed E-state index contributed by atoms with van der Waals surface area (Å²) >= 11 is 0. The van der Waals surface area contributed by atoms with Gasteiger partial charge < -0.3 is 0 Å². The predicted molar refractivity (Wildman–Crippen MR) is 57.5 cm³/mol. The van der Waals surface area contributed by atoms with Gasteiger partial charge in [-0.25, -0.2) is 0 Å². The fourth-order valence-corrected chi connectivity index (χ4v) is 3.31. The lowest BCUT2D eigenvalue weighted by Gasteiger charge is -2.32. The van der Waals surface area contributed by atoms with E-state index in [0.717, 1.165) is 11.8 Å². The van der Waals surface area contributed by atoms with E-state index in [1.165, 1.54) is 12.8 Å². The molecule has 0 nitrogen and oxygen atoms in total. The molecule has 0 spiro atoms. The van der Waals surface area contributed by atoms with Crippen LogP contribution in [0.5, 0.6) is 0 Å². The van der Waals surface area contributed by atoms with Crippen molar-refractivity contribution in [1.82, 2.24) is 0 Å². The minimum atomic E-state index is 0.400. The highest BCUT2D eigenvalue weighted by Gasteiger charge is 2.50. The van der Waals surface area contributed by atoms with Gasteiger partial charge in [-0.05, 0) is 35.5 Å². The van der Waals surface area contributed by atoms with Gasteiger partial charge in [0.15, 0.2) is 0 Å². The van der Waals surface area contributed by atoms with Crippen LogP contribution in [0.4, 0.5) is 0 Å². The topological polar surface area (TPSA) is 0 Å². The van der Waals surface area contributed by atoms with Crippen molar-refractivity contribution in [3.05, 3.63) is 11.6 Å². The Balaban J connectivity index is 2.34. The smallest absolute Gasteiger partial charge is 0.0141 e. The maximum atomic E-state index is 2.58. The SMILES string of the molecule is CC(C)(C)C1=C[C@@H]2CC[C@H]1C2(C)C. The van der Waals surface area contributed by atoms with Crippen molar-refractivity contribution in [3.63, 3.8) is 0 Å². The summed E-state index contributed by atoms with van der Waals surface area (Å²) in [5, 5.41) is 0. The van der Waals surface area contributed by atoms with Gasteiger partial charge in [-0.15, -0.1) is 0 Å². The molecular weight excluding hydrogens is 156 g/mol. The Bertz CT molecular complexity index is 250. The molecule has 0 aromatic heterocycles. The Morgan fingerprint density at radius 2 is 1.85 bits per heavy atom. The van der Waals surface area contributed by atoms with Gasteiger partial charge in [0.2, 0.25) is 0 Å². The molecule has 2 aliphatic rings.